The third-order valence-corrected chi connectivity index (χ3v) is 4.07. The first-order valence-electron chi connectivity index (χ1n) is 5.81. The van der Waals surface area contributed by atoms with Gasteiger partial charge in [-0.25, -0.2) is 4.98 Å². The van der Waals surface area contributed by atoms with Gasteiger partial charge in [-0.1, -0.05) is 19.1 Å². The van der Waals surface area contributed by atoms with Crippen LogP contribution in [-0.2, 0) is 12.8 Å². The lowest BCUT2D eigenvalue weighted by atomic mass is 10.1. The highest BCUT2D eigenvalue weighted by Crippen LogP contribution is 2.22. The Morgan fingerprint density at radius 3 is 2.47 bits per heavy atom. The molecule has 0 N–H and O–H groups in total. The molecule has 0 atom stereocenters. The Morgan fingerprint density at radius 2 is 1.94 bits per heavy atom. The molecule has 3 heteroatoms. The summed E-state index contributed by atoms with van der Waals surface area (Å²) in [5, 5.41) is 1.20. The number of rotatable bonds is 4. The summed E-state index contributed by atoms with van der Waals surface area (Å²) < 4.78 is 5.15. The van der Waals surface area contributed by atoms with Gasteiger partial charge in [0.1, 0.15) is 5.75 Å². The van der Waals surface area contributed by atoms with E-state index in [1.165, 1.54) is 21.1 Å². The van der Waals surface area contributed by atoms with Gasteiger partial charge >= 0.3 is 0 Å². The van der Waals surface area contributed by atoms with Crippen LogP contribution in [0.3, 0.4) is 0 Å². The fourth-order valence-corrected chi connectivity index (χ4v) is 2.85. The molecule has 2 rings (SSSR count). The van der Waals surface area contributed by atoms with Crippen LogP contribution in [0.25, 0.3) is 0 Å². The lowest BCUT2D eigenvalue weighted by molar-refractivity contribution is 0.414. The minimum Gasteiger partial charge on any atom is -0.497 e. The lowest BCUT2D eigenvalue weighted by Gasteiger charge is -2.01. The van der Waals surface area contributed by atoms with E-state index in [9.17, 15) is 0 Å². The summed E-state index contributed by atoms with van der Waals surface area (Å²) in [6.45, 7) is 4.27. The summed E-state index contributed by atoms with van der Waals surface area (Å²) in [5.74, 6) is 0.901. The lowest BCUT2D eigenvalue weighted by Crippen LogP contribution is -1.88. The maximum absolute atomic E-state index is 5.15. The Labute approximate surface area is 106 Å². The Morgan fingerprint density at radius 1 is 1.24 bits per heavy atom. The van der Waals surface area contributed by atoms with Crippen LogP contribution >= 0.6 is 11.3 Å². The molecule has 0 aliphatic rings. The quantitative estimate of drug-likeness (QED) is 0.823. The first-order chi connectivity index (χ1) is 8.22. The largest absolute Gasteiger partial charge is 0.497 e. The van der Waals surface area contributed by atoms with E-state index in [-0.39, 0.29) is 0 Å². The summed E-state index contributed by atoms with van der Waals surface area (Å²) in [6.07, 6.45) is 1.99. The van der Waals surface area contributed by atoms with Crippen LogP contribution in [0.1, 0.15) is 28.1 Å². The van der Waals surface area contributed by atoms with E-state index in [1.807, 2.05) is 23.5 Å². The van der Waals surface area contributed by atoms with Crippen LogP contribution in [0.4, 0.5) is 0 Å². The minimum atomic E-state index is 0.901. The van der Waals surface area contributed by atoms with Crippen LogP contribution in [0.5, 0.6) is 5.75 Å². The van der Waals surface area contributed by atoms with Crippen molar-refractivity contribution in [1.29, 1.82) is 0 Å². The SMILES string of the molecule is CCc1sc(Cc2ccc(OC)cc2)nc1C. The minimum absolute atomic E-state index is 0.901. The molecule has 0 bridgehead atoms. The van der Waals surface area contributed by atoms with Crippen molar-refractivity contribution >= 4 is 11.3 Å². The summed E-state index contributed by atoms with van der Waals surface area (Å²) in [6, 6.07) is 8.19. The Balaban J connectivity index is 2.13. The first kappa shape index (κ1) is 12.1. The molecule has 0 unspecified atom stereocenters. The summed E-state index contributed by atoms with van der Waals surface area (Å²) in [7, 11) is 1.69. The smallest absolute Gasteiger partial charge is 0.118 e. The van der Waals surface area contributed by atoms with Gasteiger partial charge in [0.25, 0.3) is 0 Å². The molecule has 0 aliphatic heterocycles. The van der Waals surface area contributed by atoms with Gasteiger partial charge in [0.2, 0.25) is 0 Å². The standard InChI is InChI=1S/C14H17NOS/c1-4-13-10(2)15-14(17-13)9-11-5-7-12(16-3)8-6-11/h5-8H,4,9H2,1-3H3. The maximum atomic E-state index is 5.15. The highest BCUT2D eigenvalue weighted by molar-refractivity contribution is 7.11. The van der Waals surface area contributed by atoms with Gasteiger partial charge in [-0.3, -0.25) is 0 Å². The molecule has 0 fully saturated rings. The third kappa shape index (κ3) is 2.86. The predicted octanol–water partition coefficient (Wildman–Crippen LogP) is 3.61. The molecule has 2 nitrogen and oxygen atoms in total. The zero-order valence-corrected chi connectivity index (χ0v) is 11.3. The van der Waals surface area contributed by atoms with Crippen molar-refractivity contribution in [3.8, 4) is 5.75 Å². The number of methoxy groups -OCH3 is 1. The average molecular weight is 247 g/mol. The molecule has 0 amide bonds. The molecule has 0 radical (unpaired) electrons. The van der Waals surface area contributed by atoms with Crippen molar-refractivity contribution in [3.63, 3.8) is 0 Å². The van der Waals surface area contributed by atoms with Gasteiger partial charge in [-0.2, -0.15) is 0 Å². The monoisotopic (exact) mass is 247 g/mol. The number of ether oxygens (including phenoxy) is 1. The number of thiazole rings is 1. The van der Waals surface area contributed by atoms with Gasteiger partial charge in [0.15, 0.2) is 0 Å². The van der Waals surface area contributed by atoms with E-state index in [4.69, 9.17) is 4.74 Å². The Kier molecular flexibility index (Phi) is 3.79. The number of benzene rings is 1. The van der Waals surface area contributed by atoms with Gasteiger partial charge in [0, 0.05) is 11.3 Å². The fourth-order valence-electron chi connectivity index (χ4n) is 1.81. The van der Waals surface area contributed by atoms with Crippen molar-refractivity contribution in [2.24, 2.45) is 0 Å². The second-order valence-electron chi connectivity index (χ2n) is 3.99. The van der Waals surface area contributed by atoms with Gasteiger partial charge in [-0.05, 0) is 31.0 Å². The molecule has 1 aromatic carbocycles. The van der Waals surface area contributed by atoms with Crippen LogP contribution in [0.2, 0.25) is 0 Å². The Bertz CT molecular complexity index is 487. The van der Waals surface area contributed by atoms with Crippen LogP contribution < -0.4 is 4.74 Å². The van der Waals surface area contributed by atoms with E-state index in [2.05, 4.69) is 31.0 Å². The summed E-state index contributed by atoms with van der Waals surface area (Å²) >= 11 is 1.82. The molecule has 1 heterocycles. The van der Waals surface area contributed by atoms with Crippen LogP contribution in [0.15, 0.2) is 24.3 Å². The van der Waals surface area contributed by atoms with E-state index < -0.39 is 0 Å². The van der Waals surface area contributed by atoms with E-state index in [0.717, 1.165) is 18.6 Å². The molecule has 90 valence electrons. The molecular weight excluding hydrogens is 230 g/mol. The van der Waals surface area contributed by atoms with Crippen molar-refractivity contribution in [2.75, 3.05) is 7.11 Å². The molecule has 1 aromatic heterocycles. The second-order valence-corrected chi connectivity index (χ2v) is 5.16. The highest BCUT2D eigenvalue weighted by atomic mass is 32.1. The van der Waals surface area contributed by atoms with E-state index in [0.29, 0.717) is 0 Å². The molecular formula is C14H17NOS. The van der Waals surface area contributed by atoms with Crippen LogP contribution in [0, 0.1) is 6.92 Å². The zero-order chi connectivity index (χ0) is 12.3. The fraction of sp³-hybridized carbons (Fsp3) is 0.357. The van der Waals surface area contributed by atoms with Crippen molar-refractivity contribution in [3.05, 3.63) is 45.4 Å². The van der Waals surface area contributed by atoms with Crippen molar-refractivity contribution in [1.82, 2.24) is 4.98 Å². The summed E-state index contributed by atoms with van der Waals surface area (Å²) in [5.41, 5.74) is 2.46. The molecule has 0 saturated carbocycles. The van der Waals surface area contributed by atoms with Crippen molar-refractivity contribution in [2.45, 2.75) is 26.7 Å². The zero-order valence-electron chi connectivity index (χ0n) is 10.5. The molecule has 17 heavy (non-hydrogen) atoms. The average Bonchev–Trinajstić information content (AvgIpc) is 2.70. The highest BCUT2D eigenvalue weighted by Gasteiger charge is 2.06. The van der Waals surface area contributed by atoms with E-state index in [1.54, 1.807) is 7.11 Å². The Hall–Kier alpha value is -1.35. The molecule has 0 spiro atoms. The summed E-state index contributed by atoms with van der Waals surface area (Å²) in [4.78, 5) is 6.00. The van der Waals surface area contributed by atoms with Gasteiger partial charge < -0.3 is 4.74 Å². The van der Waals surface area contributed by atoms with Gasteiger partial charge in [-0.15, -0.1) is 11.3 Å². The van der Waals surface area contributed by atoms with E-state index >= 15 is 0 Å². The first-order valence-corrected chi connectivity index (χ1v) is 6.62. The molecule has 0 saturated heterocycles. The number of nitrogens with zero attached hydrogens (tertiary/aromatic N) is 1. The van der Waals surface area contributed by atoms with Crippen LogP contribution in [-0.4, -0.2) is 12.1 Å². The predicted molar refractivity (Wildman–Crippen MR) is 72.0 cm³/mol. The molecule has 2 aromatic rings. The maximum Gasteiger partial charge on any atom is 0.118 e. The number of hydrogen-bond donors (Lipinski definition) is 0. The topological polar surface area (TPSA) is 22.1 Å². The van der Waals surface area contributed by atoms with Gasteiger partial charge in [0.05, 0.1) is 17.8 Å². The number of aromatic nitrogens is 1. The number of hydrogen-bond acceptors (Lipinski definition) is 3. The normalized spacial score (nSPS) is 10.5. The van der Waals surface area contributed by atoms with Crippen molar-refractivity contribution < 1.29 is 4.74 Å². The third-order valence-electron chi connectivity index (χ3n) is 2.77. The number of aryl methyl sites for hydroxylation is 2. The second kappa shape index (κ2) is 5.32. The molecule has 0 aliphatic carbocycles.